The summed E-state index contributed by atoms with van der Waals surface area (Å²) in [6.45, 7) is 2.62. The van der Waals surface area contributed by atoms with Crippen LogP contribution < -0.4 is 10.1 Å². The number of rotatable bonds is 6. The van der Waals surface area contributed by atoms with E-state index in [1.807, 2.05) is 25.1 Å². The summed E-state index contributed by atoms with van der Waals surface area (Å²) >= 11 is 6.13. The highest BCUT2D eigenvalue weighted by molar-refractivity contribution is 7.89. The van der Waals surface area contributed by atoms with Gasteiger partial charge in [0, 0.05) is 29.7 Å². The Morgan fingerprint density at radius 2 is 2.00 bits per heavy atom. The largest absolute Gasteiger partial charge is 0.495 e. The number of methoxy groups -OCH3 is 1. The molecule has 0 saturated carbocycles. The lowest BCUT2D eigenvalue weighted by atomic mass is 10.1. The summed E-state index contributed by atoms with van der Waals surface area (Å²) in [4.78, 5) is 12.7. The Morgan fingerprint density at radius 1 is 1.24 bits per heavy atom. The quantitative estimate of drug-likeness (QED) is 0.746. The smallest absolute Gasteiger partial charge is 0.251 e. The van der Waals surface area contributed by atoms with Gasteiger partial charge in [0.25, 0.3) is 5.91 Å². The maximum absolute atomic E-state index is 13.3. The van der Waals surface area contributed by atoms with Crippen molar-refractivity contribution in [1.29, 1.82) is 0 Å². The van der Waals surface area contributed by atoms with Gasteiger partial charge in [0.1, 0.15) is 10.6 Å². The fourth-order valence-electron chi connectivity index (χ4n) is 3.49. The van der Waals surface area contributed by atoms with E-state index in [1.165, 1.54) is 23.5 Å². The summed E-state index contributed by atoms with van der Waals surface area (Å²) in [6, 6.07) is 11.6. The van der Waals surface area contributed by atoms with E-state index in [1.54, 1.807) is 12.1 Å². The number of ether oxygens (including phenoxy) is 1. The molecule has 2 aromatic rings. The van der Waals surface area contributed by atoms with Crippen molar-refractivity contribution in [2.75, 3.05) is 13.7 Å². The second-order valence-electron chi connectivity index (χ2n) is 7.10. The van der Waals surface area contributed by atoms with Crippen molar-refractivity contribution >= 4 is 27.5 Å². The molecule has 156 valence electrons. The molecule has 29 heavy (non-hydrogen) atoms. The van der Waals surface area contributed by atoms with Crippen LogP contribution in [0.5, 0.6) is 5.75 Å². The van der Waals surface area contributed by atoms with E-state index in [0.717, 1.165) is 24.8 Å². The van der Waals surface area contributed by atoms with E-state index in [9.17, 15) is 13.2 Å². The van der Waals surface area contributed by atoms with Crippen molar-refractivity contribution < 1.29 is 17.9 Å². The van der Waals surface area contributed by atoms with Crippen LogP contribution in [-0.2, 0) is 16.6 Å². The summed E-state index contributed by atoms with van der Waals surface area (Å²) in [5.41, 5.74) is 1.03. The van der Waals surface area contributed by atoms with Crippen LogP contribution in [-0.4, -0.2) is 38.3 Å². The number of benzene rings is 2. The number of hydrogen-bond donors (Lipinski definition) is 1. The Balaban J connectivity index is 1.86. The number of sulfonamides is 1. The minimum atomic E-state index is -3.78. The molecule has 1 unspecified atom stereocenters. The van der Waals surface area contributed by atoms with Crippen LogP contribution in [0.2, 0.25) is 5.02 Å². The van der Waals surface area contributed by atoms with E-state index >= 15 is 0 Å². The number of carbonyl (C=O) groups is 1. The minimum Gasteiger partial charge on any atom is -0.495 e. The lowest BCUT2D eigenvalue weighted by Crippen LogP contribution is -2.42. The summed E-state index contributed by atoms with van der Waals surface area (Å²) < 4.78 is 33.3. The Labute approximate surface area is 176 Å². The first-order valence-corrected chi connectivity index (χ1v) is 11.4. The van der Waals surface area contributed by atoms with E-state index in [0.29, 0.717) is 11.6 Å². The van der Waals surface area contributed by atoms with Gasteiger partial charge in [-0.2, -0.15) is 4.31 Å². The highest BCUT2D eigenvalue weighted by Gasteiger charge is 2.33. The van der Waals surface area contributed by atoms with Crippen molar-refractivity contribution in [1.82, 2.24) is 9.62 Å². The first kappa shape index (κ1) is 21.6. The highest BCUT2D eigenvalue weighted by atomic mass is 35.5. The molecule has 0 bridgehead atoms. The maximum Gasteiger partial charge on any atom is 0.251 e. The SMILES string of the molecule is COc1ccc(C(=O)NCc2ccccc2Cl)cc1S(=O)(=O)N1CCCCC1C. The second kappa shape index (κ2) is 9.15. The summed E-state index contributed by atoms with van der Waals surface area (Å²) in [6.07, 6.45) is 2.65. The molecule has 8 heteroatoms. The van der Waals surface area contributed by atoms with Gasteiger partial charge in [-0.05, 0) is 49.6 Å². The topological polar surface area (TPSA) is 75.7 Å². The summed E-state index contributed by atoms with van der Waals surface area (Å²) in [5, 5.41) is 3.35. The van der Waals surface area contributed by atoms with Gasteiger partial charge in [0.05, 0.1) is 7.11 Å². The molecule has 0 aromatic heterocycles. The van der Waals surface area contributed by atoms with Crippen LogP contribution in [0.15, 0.2) is 47.4 Å². The molecule has 0 radical (unpaired) electrons. The molecule has 1 aliphatic heterocycles. The third-order valence-corrected chi connectivity index (χ3v) is 7.56. The molecule has 1 fully saturated rings. The zero-order valence-electron chi connectivity index (χ0n) is 16.5. The Hall–Kier alpha value is -2.09. The normalized spacial score (nSPS) is 17.7. The first-order valence-electron chi connectivity index (χ1n) is 9.56. The Kier molecular flexibility index (Phi) is 6.82. The van der Waals surface area contributed by atoms with Crippen LogP contribution in [0.25, 0.3) is 0 Å². The number of amides is 1. The molecule has 3 rings (SSSR count). The van der Waals surface area contributed by atoms with Crippen molar-refractivity contribution in [3.63, 3.8) is 0 Å². The van der Waals surface area contributed by atoms with Crippen molar-refractivity contribution in [3.05, 3.63) is 58.6 Å². The van der Waals surface area contributed by atoms with Crippen LogP contribution in [0.1, 0.15) is 42.1 Å². The number of hydrogen-bond acceptors (Lipinski definition) is 4. The van der Waals surface area contributed by atoms with Crippen LogP contribution >= 0.6 is 11.6 Å². The van der Waals surface area contributed by atoms with Gasteiger partial charge >= 0.3 is 0 Å². The average molecular weight is 437 g/mol. The summed E-state index contributed by atoms with van der Waals surface area (Å²) in [5.74, 6) is -0.152. The molecule has 0 aliphatic carbocycles. The van der Waals surface area contributed by atoms with Gasteiger partial charge in [-0.1, -0.05) is 36.2 Å². The number of carbonyl (C=O) groups excluding carboxylic acids is 1. The average Bonchev–Trinajstić information content (AvgIpc) is 2.72. The molecule has 0 spiro atoms. The number of nitrogens with zero attached hydrogens (tertiary/aromatic N) is 1. The van der Waals surface area contributed by atoms with Gasteiger partial charge in [-0.25, -0.2) is 8.42 Å². The molecule has 1 aliphatic rings. The third kappa shape index (κ3) is 4.74. The molecular formula is C21H25ClN2O4S. The first-order chi connectivity index (χ1) is 13.8. The zero-order valence-corrected chi connectivity index (χ0v) is 18.1. The Bertz CT molecular complexity index is 994. The second-order valence-corrected chi connectivity index (χ2v) is 9.37. The van der Waals surface area contributed by atoms with E-state index in [2.05, 4.69) is 5.32 Å². The Morgan fingerprint density at radius 3 is 2.69 bits per heavy atom. The molecule has 6 nitrogen and oxygen atoms in total. The molecule has 1 amide bonds. The van der Waals surface area contributed by atoms with E-state index in [4.69, 9.17) is 16.3 Å². The van der Waals surface area contributed by atoms with Gasteiger partial charge in [-0.15, -0.1) is 0 Å². The molecule has 1 N–H and O–H groups in total. The van der Waals surface area contributed by atoms with Crippen LogP contribution in [0.4, 0.5) is 0 Å². The lowest BCUT2D eigenvalue weighted by Gasteiger charge is -2.32. The predicted molar refractivity (Wildman–Crippen MR) is 113 cm³/mol. The zero-order chi connectivity index (χ0) is 21.0. The van der Waals surface area contributed by atoms with E-state index in [-0.39, 0.29) is 34.7 Å². The minimum absolute atomic E-state index is 0.0131. The number of piperidine rings is 1. The van der Waals surface area contributed by atoms with Crippen LogP contribution in [0, 0.1) is 0 Å². The fraction of sp³-hybridized carbons (Fsp3) is 0.381. The number of halogens is 1. The highest BCUT2D eigenvalue weighted by Crippen LogP contribution is 2.31. The monoisotopic (exact) mass is 436 g/mol. The molecular weight excluding hydrogens is 412 g/mol. The van der Waals surface area contributed by atoms with E-state index < -0.39 is 10.0 Å². The summed E-state index contributed by atoms with van der Waals surface area (Å²) in [7, 11) is -2.35. The van der Waals surface area contributed by atoms with Crippen molar-refractivity contribution in [3.8, 4) is 5.75 Å². The third-order valence-electron chi connectivity index (χ3n) is 5.15. The lowest BCUT2D eigenvalue weighted by molar-refractivity contribution is 0.0950. The number of nitrogens with one attached hydrogen (secondary N) is 1. The fourth-order valence-corrected chi connectivity index (χ4v) is 5.58. The molecule has 2 aromatic carbocycles. The van der Waals surface area contributed by atoms with Gasteiger partial charge < -0.3 is 10.1 Å². The standard InChI is InChI=1S/C21H25ClN2O4S/c1-15-7-5-6-12-24(15)29(26,27)20-13-16(10-11-19(20)28-2)21(25)23-14-17-8-3-4-9-18(17)22/h3-4,8-11,13,15H,5-7,12,14H2,1-2H3,(H,23,25). The van der Waals surface area contributed by atoms with Gasteiger partial charge in [0.15, 0.2) is 0 Å². The van der Waals surface area contributed by atoms with Crippen LogP contribution in [0.3, 0.4) is 0 Å². The van der Waals surface area contributed by atoms with Crippen molar-refractivity contribution in [2.45, 2.75) is 43.7 Å². The van der Waals surface area contributed by atoms with Gasteiger partial charge in [-0.3, -0.25) is 4.79 Å². The maximum atomic E-state index is 13.3. The predicted octanol–water partition coefficient (Wildman–Crippen LogP) is 3.84. The van der Waals surface area contributed by atoms with Crippen molar-refractivity contribution in [2.24, 2.45) is 0 Å². The molecule has 1 saturated heterocycles. The van der Waals surface area contributed by atoms with Gasteiger partial charge in [0.2, 0.25) is 10.0 Å². The molecule has 1 heterocycles. The molecule has 1 atom stereocenters.